The summed E-state index contributed by atoms with van der Waals surface area (Å²) >= 11 is 0.532. The highest BCUT2D eigenvalue weighted by Gasteiger charge is 2.40. The zero-order valence-corrected chi connectivity index (χ0v) is 29.1. The number of nitriles is 1. The van der Waals surface area contributed by atoms with Crippen molar-refractivity contribution in [3.8, 4) is 28.7 Å². The molecule has 4 aromatic heterocycles. The number of alkyl halides is 3. The number of amides is 2. The molecule has 1 unspecified atom stereocenters. The van der Waals surface area contributed by atoms with Crippen molar-refractivity contribution in [2.45, 2.75) is 51.0 Å². The van der Waals surface area contributed by atoms with Gasteiger partial charge in [-0.2, -0.15) is 38.1 Å². The van der Waals surface area contributed by atoms with Crippen LogP contribution in [0.4, 0.5) is 17.6 Å². The number of halogens is 4. The zero-order chi connectivity index (χ0) is 37.8. The maximum Gasteiger partial charge on any atom is 0.435 e. The summed E-state index contributed by atoms with van der Waals surface area (Å²) in [4.78, 5) is 43.4. The molecule has 1 aliphatic heterocycles. The average Bonchev–Trinajstić information content (AvgIpc) is 3.90. The molecular weight excluding hydrogens is 719 g/mol. The Morgan fingerprint density at radius 1 is 1.15 bits per heavy atom. The third-order valence-electron chi connectivity index (χ3n) is 8.95. The zero-order valence-electron chi connectivity index (χ0n) is 28.2. The van der Waals surface area contributed by atoms with Crippen LogP contribution in [0.25, 0.3) is 33.5 Å². The van der Waals surface area contributed by atoms with Crippen LogP contribution < -0.4 is 10.2 Å². The highest BCUT2D eigenvalue weighted by Crippen LogP contribution is 2.37. The molecular formula is C34H29F4N11O3S. The predicted molar refractivity (Wildman–Crippen MR) is 183 cm³/mol. The van der Waals surface area contributed by atoms with E-state index < -0.39 is 46.0 Å². The predicted octanol–water partition coefficient (Wildman–Crippen LogP) is 4.21. The van der Waals surface area contributed by atoms with E-state index in [4.69, 9.17) is 0 Å². The molecule has 0 saturated carbocycles. The third-order valence-corrected chi connectivity index (χ3v) is 9.50. The van der Waals surface area contributed by atoms with Crippen LogP contribution in [0.3, 0.4) is 0 Å². The van der Waals surface area contributed by atoms with Crippen LogP contribution in [0.1, 0.15) is 46.6 Å². The highest BCUT2D eigenvalue weighted by atomic mass is 32.1. The molecule has 0 radical (unpaired) electrons. The number of aromatic nitrogens is 8. The molecule has 1 atom stereocenters. The summed E-state index contributed by atoms with van der Waals surface area (Å²) in [5.74, 6) is -2.32. The summed E-state index contributed by atoms with van der Waals surface area (Å²) in [6, 6.07) is 7.78. The molecule has 3 N–H and O–H groups in total. The molecule has 0 saturated heterocycles. The topological polar surface area (TPSA) is 183 Å². The first-order valence-electron chi connectivity index (χ1n) is 16.1. The average molecular weight is 748 g/mol. The Balaban J connectivity index is 1.22. The summed E-state index contributed by atoms with van der Waals surface area (Å²) in [7, 11) is 1.68. The minimum atomic E-state index is -4.80. The number of fused-ring (bicyclic) bond motifs is 2. The Bertz CT molecular complexity index is 2500. The molecule has 5 heterocycles. The van der Waals surface area contributed by atoms with E-state index in [1.807, 2.05) is 0 Å². The van der Waals surface area contributed by atoms with Gasteiger partial charge in [-0.1, -0.05) is 6.07 Å². The van der Waals surface area contributed by atoms with Crippen LogP contribution in [0.2, 0.25) is 0 Å². The van der Waals surface area contributed by atoms with Gasteiger partial charge in [-0.05, 0) is 61.2 Å². The lowest BCUT2D eigenvalue weighted by Gasteiger charge is -2.37. The van der Waals surface area contributed by atoms with Crippen molar-refractivity contribution in [1.29, 1.82) is 5.26 Å². The molecule has 0 fully saturated rings. The normalized spacial score (nSPS) is 14.0. The number of rotatable bonds is 9. The summed E-state index contributed by atoms with van der Waals surface area (Å²) < 4.78 is 63.3. The van der Waals surface area contributed by atoms with Crippen molar-refractivity contribution in [3.05, 3.63) is 92.4 Å². The van der Waals surface area contributed by atoms with Gasteiger partial charge in [0.1, 0.15) is 17.6 Å². The van der Waals surface area contributed by atoms with E-state index in [2.05, 4.69) is 41.1 Å². The quantitative estimate of drug-likeness (QED) is 0.184. The molecule has 14 nitrogen and oxygen atoms in total. The smallest absolute Gasteiger partial charge is 0.348 e. The molecule has 53 heavy (non-hydrogen) atoms. The van der Waals surface area contributed by atoms with E-state index in [9.17, 15) is 32.8 Å². The van der Waals surface area contributed by atoms with Crippen molar-refractivity contribution in [2.24, 2.45) is 7.05 Å². The van der Waals surface area contributed by atoms with Crippen LogP contribution in [-0.2, 0) is 37.4 Å². The summed E-state index contributed by atoms with van der Waals surface area (Å²) in [6.07, 6.45) is 0.121. The third kappa shape index (κ3) is 6.80. The Kier molecular flexibility index (Phi) is 8.72. The first kappa shape index (κ1) is 35.3. The molecule has 7 rings (SSSR count). The van der Waals surface area contributed by atoms with E-state index in [0.29, 0.717) is 50.3 Å². The number of nitrogens with zero attached hydrogens (tertiary/aromatic N) is 8. The highest BCUT2D eigenvalue weighted by molar-refractivity contribution is 7.03. The monoisotopic (exact) mass is 747 g/mol. The maximum atomic E-state index is 15.7. The van der Waals surface area contributed by atoms with Gasteiger partial charge < -0.3 is 10.2 Å². The van der Waals surface area contributed by atoms with Gasteiger partial charge in [-0.25, -0.2) is 4.39 Å². The van der Waals surface area contributed by atoms with Crippen LogP contribution >= 0.6 is 11.5 Å². The number of benzene rings is 2. The minimum Gasteiger partial charge on any atom is -0.348 e. The fourth-order valence-electron chi connectivity index (χ4n) is 6.63. The number of aryl methyl sites for hydroxylation is 1. The number of hydrogen-bond donors (Lipinski definition) is 3. The van der Waals surface area contributed by atoms with Gasteiger partial charge in [0, 0.05) is 48.7 Å². The second-order valence-corrected chi connectivity index (χ2v) is 14.0. The largest absolute Gasteiger partial charge is 0.435 e. The van der Waals surface area contributed by atoms with Gasteiger partial charge >= 0.3 is 11.0 Å². The lowest BCUT2D eigenvalue weighted by atomic mass is 9.87. The molecule has 2 amide bonds. The molecule has 0 spiro atoms. The first-order valence-corrected chi connectivity index (χ1v) is 16.9. The lowest BCUT2D eigenvalue weighted by Crippen LogP contribution is -2.58. The van der Waals surface area contributed by atoms with Crippen molar-refractivity contribution >= 4 is 34.2 Å². The van der Waals surface area contributed by atoms with E-state index >= 15 is 4.39 Å². The van der Waals surface area contributed by atoms with Gasteiger partial charge in [0.15, 0.2) is 11.5 Å². The van der Waals surface area contributed by atoms with E-state index in [0.717, 1.165) is 16.8 Å². The number of carbonyl (C=O) groups is 2. The van der Waals surface area contributed by atoms with Crippen molar-refractivity contribution in [2.75, 3.05) is 6.54 Å². The van der Waals surface area contributed by atoms with E-state index in [-0.39, 0.29) is 43.0 Å². The summed E-state index contributed by atoms with van der Waals surface area (Å²) in [5, 5.41) is 28.2. The van der Waals surface area contributed by atoms with Crippen molar-refractivity contribution in [1.82, 2.24) is 49.3 Å². The second-order valence-electron chi connectivity index (χ2n) is 13.3. The Morgan fingerprint density at radius 2 is 1.94 bits per heavy atom. The number of hydrogen-bond acceptors (Lipinski definition) is 9. The number of aromatic amines is 2. The van der Waals surface area contributed by atoms with Gasteiger partial charge in [0.2, 0.25) is 5.91 Å². The van der Waals surface area contributed by atoms with Crippen LogP contribution in [0, 0.1) is 17.1 Å². The van der Waals surface area contributed by atoms with Crippen LogP contribution in [0.15, 0.2) is 53.7 Å². The van der Waals surface area contributed by atoms with Gasteiger partial charge in [-0.3, -0.25) is 33.8 Å². The van der Waals surface area contributed by atoms with Crippen molar-refractivity contribution in [3.63, 3.8) is 0 Å². The molecule has 6 aromatic rings. The number of H-pyrrole nitrogens is 2. The molecule has 0 aliphatic carbocycles. The second kappa shape index (κ2) is 13.1. The first-order chi connectivity index (χ1) is 25.1. The SMILES string of the molecule is Cn1cc(CC(C(=O)NC(C)(C)Cn2nc(C(F)(F)F)cc2-c2nsc(=O)[nH]2)N2CCc3c(-c4cc5cn[nH]c5cc4C#N)ccc(F)c3C2=O)cn1. The minimum absolute atomic E-state index is 0.00629. The molecule has 272 valence electrons. The van der Waals surface area contributed by atoms with Gasteiger partial charge in [0.05, 0.1) is 47.2 Å². The summed E-state index contributed by atoms with van der Waals surface area (Å²) in [5.41, 5.74) is 0.0692. The molecule has 2 aromatic carbocycles. The van der Waals surface area contributed by atoms with E-state index in [1.165, 1.54) is 21.8 Å². The Hall–Kier alpha value is -6.16. The van der Waals surface area contributed by atoms with Crippen LogP contribution in [-0.4, -0.2) is 74.0 Å². The molecule has 0 bridgehead atoms. The Morgan fingerprint density at radius 3 is 2.62 bits per heavy atom. The molecule has 1 aliphatic rings. The lowest BCUT2D eigenvalue weighted by molar-refractivity contribution is -0.141. The van der Waals surface area contributed by atoms with Crippen molar-refractivity contribution < 1.29 is 27.2 Å². The standard InChI is InChI=1S/C34H29F4N11O3S/c1-33(2,16-49-25(29-42-32(52)53-46-29)11-27(45-49)34(36,37)38)43-30(50)26(8-17-13-41-47(3)15-17)48-7-6-21-20(4-5-23(35)28(21)31(48)51)22-9-19-14-40-44-24(19)10-18(22)12-39/h4-5,9-11,13-15,26H,6-8,16H2,1-3H3,(H,40,44)(H,43,50)(H,42,46,52). The Labute approximate surface area is 301 Å². The fraction of sp³-hybridized carbons (Fsp3) is 0.294. The van der Waals surface area contributed by atoms with Gasteiger partial charge in [-0.15, -0.1) is 0 Å². The van der Waals surface area contributed by atoms with Crippen LogP contribution in [0.5, 0.6) is 0 Å². The fourth-order valence-corrected chi connectivity index (χ4v) is 7.08. The molecule has 19 heteroatoms. The summed E-state index contributed by atoms with van der Waals surface area (Å²) in [6.45, 7) is 2.85. The number of carbonyl (C=O) groups excluding carboxylic acids is 2. The van der Waals surface area contributed by atoms with Gasteiger partial charge in [0.25, 0.3) is 5.91 Å². The number of nitrogens with one attached hydrogen (secondary N) is 3. The maximum absolute atomic E-state index is 15.7. The van der Waals surface area contributed by atoms with E-state index in [1.54, 1.807) is 45.4 Å².